The molecule has 0 aromatic carbocycles. The van der Waals surface area contributed by atoms with Crippen molar-refractivity contribution in [3.05, 3.63) is 0 Å². The Hall–Kier alpha value is -0.610. The van der Waals surface area contributed by atoms with Gasteiger partial charge in [0.05, 0.1) is 0 Å². The molecule has 0 bridgehead atoms. The van der Waals surface area contributed by atoms with Gasteiger partial charge in [0.2, 0.25) is 0 Å². The molecule has 0 atom stereocenters. The third kappa shape index (κ3) is 15.7. The summed E-state index contributed by atoms with van der Waals surface area (Å²) >= 11 is 0. The summed E-state index contributed by atoms with van der Waals surface area (Å²) in [4.78, 5) is 9.87. The van der Waals surface area contributed by atoms with E-state index in [0.717, 1.165) is 19.3 Å². The van der Waals surface area contributed by atoms with Crippen LogP contribution in [0.1, 0.15) is 32.6 Å². The molecule has 4 nitrogen and oxygen atoms in total. The molecular weight excluding hydrogens is 134 g/mol. The molecule has 0 saturated heterocycles. The van der Waals surface area contributed by atoms with Gasteiger partial charge in [0.15, 0.2) is 0 Å². The molecule has 10 heavy (non-hydrogen) atoms. The van der Waals surface area contributed by atoms with Crippen LogP contribution in [0, 0.1) is 0 Å². The van der Waals surface area contributed by atoms with Crippen LogP contribution >= 0.6 is 0 Å². The van der Waals surface area contributed by atoms with Gasteiger partial charge in [0.25, 0.3) is 0 Å². The fourth-order valence-electron chi connectivity index (χ4n) is 0.526. The summed E-state index contributed by atoms with van der Waals surface area (Å²) in [7, 11) is 0. The van der Waals surface area contributed by atoms with E-state index in [1.165, 1.54) is 0 Å². The van der Waals surface area contributed by atoms with Crippen LogP contribution in [0.5, 0.6) is 0 Å². The SMILES string of the molecule is CCCCCC(=O)O.NO. The first-order valence-corrected chi connectivity index (χ1v) is 3.25. The summed E-state index contributed by atoms with van der Waals surface area (Å²) in [5, 5.41) is 14.6. The van der Waals surface area contributed by atoms with Crippen LogP contribution in [-0.4, -0.2) is 16.3 Å². The van der Waals surface area contributed by atoms with Gasteiger partial charge < -0.3 is 10.3 Å². The molecule has 0 radical (unpaired) electrons. The minimum absolute atomic E-state index is 0.327. The van der Waals surface area contributed by atoms with Crippen LogP contribution in [0.25, 0.3) is 0 Å². The molecule has 0 aliphatic rings. The van der Waals surface area contributed by atoms with E-state index in [9.17, 15) is 4.79 Å². The van der Waals surface area contributed by atoms with Gasteiger partial charge in [-0.2, -0.15) is 0 Å². The lowest BCUT2D eigenvalue weighted by Gasteiger charge is -1.89. The Morgan fingerprint density at radius 1 is 1.40 bits per heavy atom. The van der Waals surface area contributed by atoms with Crippen molar-refractivity contribution in [3.8, 4) is 0 Å². The Bertz CT molecular complexity index is 75.4. The quantitative estimate of drug-likeness (QED) is 0.411. The Balaban J connectivity index is 0. The van der Waals surface area contributed by atoms with Crippen molar-refractivity contribution in [1.82, 2.24) is 0 Å². The van der Waals surface area contributed by atoms with Crippen molar-refractivity contribution in [2.45, 2.75) is 32.6 Å². The number of nitrogens with two attached hydrogens (primary N) is 1. The summed E-state index contributed by atoms with van der Waals surface area (Å²) in [5.74, 6) is 2.82. The highest BCUT2D eigenvalue weighted by Crippen LogP contribution is 1.97. The highest BCUT2D eigenvalue weighted by Gasteiger charge is 1.92. The highest BCUT2D eigenvalue weighted by molar-refractivity contribution is 5.66. The largest absolute Gasteiger partial charge is 0.481 e. The predicted molar refractivity (Wildman–Crippen MR) is 37.8 cm³/mol. The van der Waals surface area contributed by atoms with E-state index in [2.05, 4.69) is 12.8 Å². The molecule has 0 fully saturated rings. The number of hydrogen-bond acceptors (Lipinski definition) is 3. The average Bonchev–Trinajstić information content (AvgIpc) is 1.92. The zero-order valence-corrected chi connectivity index (χ0v) is 6.21. The van der Waals surface area contributed by atoms with Gasteiger partial charge >= 0.3 is 5.97 Å². The monoisotopic (exact) mass is 149 g/mol. The Kier molecular flexibility index (Phi) is 13.6. The molecule has 0 amide bonds. The molecule has 0 saturated carbocycles. The second kappa shape index (κ2) is 11.2. The number of carbonyl (C=O) groups is 1. The van der Waals surface area contributed by atoms with Gasteiger partial charge in [-0.1, -0.05) is 19.8 Å². The Morgan fingerprint density at radius 2 is 1.90 bits per heavy atom. The molecular formula is C6H15NO3. The van der Waals surface area contributed by atoms with Crippen LogP contribution in [-0.2, 0) is 4.79 Å². The van der Waals surface area contributed by atoms with Gasteiger partial charge in [-0.3, -0.25) is 4.79 Å². The van der Waals surface area contributed by atoms with Crippen molar-refractivity contribution in [2.24, 2.45) is 5.90 Å². The summed E-state index contributed by atoms with van der Waals surface area (Å²) in [6, 6.07) is 0. The molecule has 0 aromatic rings. The van der Waals surface area contributed by atoms with E-state index in [1.54, 1.807) is 0 Å². The maximum absolute atomic E-state index is 9.87. The number of aliphatic carboxylic acids is 1. The van der Waals surface area contributed by atoms with Gasteiger partial charge in [-0.05, 0) is 6.42 Å². The Morgan fingerprint density at radius 3 is 2.20 bits per heavy atom. The molecule has 4 N–H and O–H groups in total. The molecule has 0 aromatic heterocycles. The molecule has 62 valence electrons. The molecule has 0 heterocycles. The molecule has 0 aliphatic heterocycles. The first-order valence-electron chi connectivity index (χ1n) is 3.25. The lowest BCUT2D eigenvalue weighted by atomic mass is 10.2. The molecule has 0 spiro atoms. The van der Waals surface area contributed by atoms with Crippen LogP contribution < -0.4 is 5.90 Å². The number of rotatable bonds is 4. The first-order chi connectivity index (χ1) is 4.77. The third-order valence-corrected chi connectivity index (χ3v) is 0.994. The van der Waals surface area contributed by atoms with Crippen molar-refractivity contribution in [2.75, 3.05) is 0 Å². The maximum Gasteiger partial charge on any atom is 0.303 e. The maximum atomic E-state index is 9.87. The fraction of sp³-hybridized carbons (Fsp3) is 0.833. The summed E-state index contributed by atoms with van der Waals surface area (Å²) < 4.78 is 0. The minimum atomic E-state index is -0.682. The van der Waals surface area contributed by atoms with Crippen LogP contribution in [0.15, 0.2) is 0 Å². The van der Waals surface area contributed by atoms with Crippen molar-refractivity contribution >= 4 is 5.97 Å². The predicted octanol–water partition coefficient (Wildman–Crippen LogP) is 0.986. The average molecular weight is 149 g/mol. The molecule has 0 rings (SSSR count). The van der Waals surface area contributed by atoms with Crippen LogP contribution in [0.2, 0.25) is 0 Å². The molecule has 0 aliphatic carbocycles. The van der Waals surface area contributed by atoms with Crippen LogP contribution in [0.4, 0.5) is 0 Å². The summed E-state index contributed by atoms with van der Waals surface area (Å²) in [6.45, 7) is 2.06. The van der Waals surface area contributed by atoms with E-state index < -0.39 is 5.97 Å². The Labute approximate surface area is 60.6 Å². The highest BCUT2D eigenvalue weighted by atomic mass is 16.4. The molecule has 4 heteroatoms. The third-order valence-electron chi connectivity index (χ3n) is 0.994. The second-order valence-corrected chi connectivity index (χ2v) is 1.85. The summed E-state index contributed by atoms with van der Waals surface area (Å²) in [5.41, 5.74) is 0. The number of hydrogen-bond donors (Lipinski definition) is 3. The van der Waals surface area contributed by atoms with E-state index in [1.807, 2.05) is 0 Å². The second-order valence-electron chi connectivity index (χ2n) is 1.85. The van der Waals surface area contributed by atoms with E-state index in [4.69, 9.17) is 10.3 Å². The smallest absolute Gasteiger partial charge is 0.303 e. The van der Waals surface area contributed by atoms with E-state index in [0.29, 0.717) is 6.42 Å². The first kappa shape index (κ1) is 12.1. The molecule has 0 unspecified atom stereocenters. The van der Waals surface area contributed by atoms with E-state index in [-0.39, 0.29) is 0 Å². The van der Waals surface area contributed by atoms with E-state index >= 15 is 0 Å². The summed E-state index contributed by atoms with van der Waals surface area (Å²) in [6.07, 6.45) is 3.28. The zero-order valence-electron chi connectivity index (χ0n) is 6.21. The number of carboxylic acids is 1. The van der Waals surface area contributed by atoms with Crippen molar-refractivity contribution in [3.63, 3.8) is 0 Å². The van der Waals surface area contributed by atoms with Gasteiger partial charge in [-0.15, -0.1) is 0 Å². The zero-order chi connectivity index (χ0) is 8.41. The lowest BCUT2D eigenvalue weighted by molar-refractivity contribution is -0.137. The normalized spacial score (nSPS) is 7.90. The number of carboxylic acid groups (broad SMARTS) is 1. The van der Waals surface area contributed by atoms with Crippen molar-refractivity contribution in [1.29, 1.82) is 0 Å². The minimum Gasteiger partial charge on any atom is -0.481 e. The topological polar surface area (TPSA) is 83.5 Å². The van der Waals surface area contributed by atoms with Gasteiger partial charge in [-0.25, -0.2) is 5.90 Å². The lowest BCUT2D eigenvalue weighted by Crippen LogP contribution is -1.92. The fourth-order valence-corrected chi connectivity index (χ4v) is 0.526. The number of unbranched alkanes of at least 4 members (excludes halogenated alkanes) is 2. The van der Waals surface area contributed by atoms with Crippen LogP contribution in [0.3, 0.4) is 0 Å². The standard InChI is InChI=1S/C6H12O2.H3NO/c1-2-3-4-5-6(7)8;1-2/h2-5H2,1H3,(H,7,8);2H,1H2. The van der Waals surface area contributed by atoms with Gasteiger partial charge in [0, 0.05) is 6.42 Å². The van der Waals surface area contributed by atoms with Crippen molar-refractivity contribution < 1.29 is 15.1 Å². The van der Waals surface area contributed by atoms with Gasteiger partial charge in [0.1, 0.15) is 0 Å².